The number of aryl methyl sites for hydroxylation is 2. The van der Waals surface area contributed by atoms with Crippen molar-refractivity contribution in [3.05, 3.63) is 90.2 Å². The van der Waals surface area contributed by atoms with Gasteiger partial charge >= 0.3 is 0 Å². The van der Waals surface area contributed by atoms with Crippen molar-refractivity contribution in [2.75, 3.05) is 7.11 Å². The number of ether oxygens (including phenoxy) is 1. The van der Waals surface area contributed by atoms with Crippen molar-refractivity contribution in [1.82, 2.24) is 8.96 Å². The first-order valence-electron chi connectivity index (χ1n) is 10.5. The molecule has 0 unspecified atom stereocenters. The number of rotatable bonds is 5. The number of hydrogen-bond donors (Lipinski definition) is 0. The van der Waals surface area contributed by atoms with Crippen LogP contribution < -0.4 is 4.74 Å². The lowest BCUT2D eigenvalue weighted by Gasteiger charge is -2.08. The van der Waals surface area contributed by atoms with Crippen LogP contribution in [0.1, 0.15) is 11.3 Å². The molecule has 172 valence electrons. The lowest BCUT2D eigenvalue weighted by atomic mass is 10.0. The maximum atomic E-state index is 14.5. The molecule has 3 aromatic heterocycles. The molecule has 0 atom stereocenters. The smallest absolute Gasteiger partial charge is 0.269 e. The van der Waals surface area contributed by atoms with E-state index in [0.29, 0.717) is 27.8 Å². The molecule has 6 nitrogen and oxygen atoms in total. The Morgan fingerprint density at radius 3 is 2.44 bits per heavy atom. The van der Waals surface area contributed by atoms with Crippen molar-refractivity contribution in [3.8, 4) is 28.2 Å². The Bertz CT molecular complexity index is 1630. The third-order valence-electron chi connectivity index (χ3n) is 5.68. The molecule has 0 bridgehead atoms. The molecule has 8 heteroatoms. The SMILES string of the molecule is COc1c(F)cccc1-c1cn(S(=O)(=O)c2ccc(C)cc2)c2ncc(-c3ccc(C)o3)cc12. The van der Waals surface area contributed by atoms with Gasteiger partial charge in [0.25, 0.3) is 10.0 Å². The Morgan fingerprint density at radius 2 is 1.76 bits per heavy atom. The third kappa shape index (κ3) is 3.56. The fraction of sp³-hybridized carbons (Fsp3) is 0.115. The summed E-state index contributed by atoms with van der Waals surface area (Å²) < 4.78 is 53.9. The number of methoxy groups -OCH3 is 1. The Morgan fingerprint density at radius 1 is 1.00 bits per heavy atom. The number of furan rings is 1. The van der Waals surface area contributed by atoms with Gasteiger partial charge in [-0.1, -0.05) is 29.8 Å². The predicted molar refractivity (Wildman–Crippen MR) is 128 cm³/mol. The molecule has 0 aliphatic carbocycles. The number of halogens is 1. The Hall–Kier alpha value is -3.91. The van der Waals surface area contributed by atoms with Gasteiger partial charge in [0, 0.05) is 34.5 Å². The van der Waals surface area contributed by atoms with Gasteiger partial charge in [-0.25, -0.2) is 21.8 Å². The van der Waals surface area contributed by atoms with Crippen LogP contribution >= 0.6 is 0 Å². The van der Waals surface area contributed by atoms with Crippen LogP contribution in [-0.2, 0) is 10.0 Å². The highest BCUT2D eigenvalue weighted by Crippen LogP contribution is 2.39. The fourth-order valence-corrected chi connectivity index (χ4v) is 5.28. The van der Waals surface area contributed by atoms with Crippen molar-refractivity contribution in [2.45, 2.75) is 18.7 Å². The zero-order chi connectivity index (χ0) is 24.0. The number of benzene rings is 2. The van der Waals surface area contributed by atoms with Crippen LogP contribution in [0, 0.1) is 19.7 Å². The fourth-order valence-electron chi connectivity index (χ4n) is 3.95. The Labute approximate surface area is 196 Å². The Kier molecular flexibility index (Phi) is 5.25. The molecule has 2 aromatic carbocycles. The van der Waals surface area contributed by atoms with Crippen LogP contribution in [0.2, 0.25) is 0 Å². The molecule has 0 radical (unpaired) electrons. The van der Waals surface area contributed by atoms with Crippen LogP contribution in [0.3, 0.4) is 0 Å². The summed E-state index contributed by atoms with van der Waals surface area (Å²) in [5.41, 5.74) is 2.72. The summed E-state index contributed by atoms with van der Waals surface area (Å²) >= 11 is 0. The molecule has 0 amide bonds. The quantitative estimate of drug-likeness (QED) is 0.313. The minimum atomic E-state index is -3.98. The normalized spacial score (nSPS) is 11.8. The van der Waals surface area contributed by atoms with Crippen LogP contribution in [0.25, 0.3) is 33.5 Å². The molecule has 3 heterocycles. The predicted octanol–water partition coefficient (Wildman–Crippen LogP) is 5.96. The maximum Gasteiger partial charge on any atom is 0.269 e. The first kappa shape index (κ1) is 21.9. The van der Waals surface area contributed by atoms with E-state index in [0.717, 1.165) is 15.3 Å². The second-order valence-electron chi connectivity index (χ2n) is 7.98. The van der Waals surface area contributed by atoms with Gasteiger partial charge in [-0.15, -0.1) is 0 Å². The third-order valence-corrected chi connectivity index (χ3v) is 7.34. The van der Waals surface area contributed by atoms with Crippen LogP contribution in [-0.4, -0.2) is 24.5 Å². The van der Waals surface area contributed by atoms with E-state index < -0.39 is 15.8 Å². The van der Waals surface area contributed by atoms with Crippen LogP contribution in [0.4, 0.5) is 4.39 Å². The van der Waals surface area contributed by atoms with Crippen molar-refractivity contribution in [3.63, 3.8) is 0 Å². The van der Waals surface area contributed by atoms with E-state index in [2.05, 4.69) is 4.98 Å². The first-order valence-corrected chi connectivity index (χ1v) is 12.0. The zero-order valence-electron chi connectivity index (χ0n) is 18.7. The van der Waals surface area contributed by atoms with Gasteiger partial charge < -0.3 is 9.15 Å². The average Bonchev–Trinajstić information content (AvgIpc) is 3.43. The minimum absolute atomic E-state index is 0.0218. The van der Waals surface area contributed by atoms with Crippen LogP contribution in [0.15, 0.2) is 82.4 Å². The van der Waals surface area contributed by atoms with Gasteiger partial charge in [0.2, 0.25) is 0 Å². The van der Waals surface area contributed by atoms with Gasteiger partial charge in [0.15, 0.2) is 17.2 Å². The van der Waals surface area contributed by atoms with E-state index in [4.69, 9.17) is 9.15 Å². The first-order chi connectivity index (χ1) is 16.3. The molecule has 0 saturated heterocycles. The largest absolute Gasteiger partial charge is 0.493 e. The summed E-state index contributed by atoms with van der Waals surface area (Å²) in [6, 6.07) is 16.6. The van der Waals surface area contributed by atoms with Gasteiger partial charge in [-0.05, 0) is 50.2 Å². The monoisotopic (exact) mass is 476 g/mol. The second kappa shape index (κ2) is 8.14. The number of pyridine rings is 1. The lowest BCUT2D eigenvalue weighted by molar-refractivity contribution is 0.388. The van der Waals surface area contributed by atoms with E-state index in [1.807, 2.05) is 26.0 Å². The van der Waals surface area contributed by atoms with Crippen molar-refractivity contribution in [2.24, 2.45) is 0 Å². The van der Waals surface area contributed by atoms with E-state index in [-0.39, 0.29) is 16.3 Å². The molecule has 34 heavy (non-hydrogen) atoms. The number of aromatic nitrogens is 2. The second-order valence-corrected chi connectivity index (χ2v) is 9.80. The molecule has 0 aliphatic heterocycles. The van der Waals surface area contributed by atoms with Gasteiger partial charge in [0.05, 0.1) is 12.0 Å². The zero-order valence-corrected chi connectivity index (χ0v) is 19.6. The highest BCUT2D eigenvalue weighted by atomic mass is 32.2. The van der Waals surface area contributed by atoms with E-state index in [1.54, 1.807) is 48.7 Å². The lowest BCUT2D eigenvalue weighted by Crippen LogP contribution is -2.12. The number of hydrogen-bond acceptors (Lipinski definition) is 5. The summed E-state index contributed by atoms with van der Waals surface area (Å²) in [6.07, 6.45) is 3.02. The molecule has 0 fully saturated rings. The summed E-state index contributed by atoms with van der Waals surface area (Å²) in [5, 5.41) is 0.520. The summed E-state index contributed by atoms with van der Waals surface area (Å²) in [4.78, 5) is 4.61. The topological polar surface area (TPSA) is 74.3 Å². The maximum absolute atomic E-state index is 14.5. The minimum Gasteiger partial charge on any atom is -0.493 e. The summed E-state index contributed by atoms with van der Waals surface area (Å²) in [6.45, 7) is 3.72. The van der Waals surface area contributed by atoms with Crippen molar-refractivity contribution in [1.29, 1.82) is 0 Å². The van der Waals surface area contributed by atoms with Crippen molar-refractivity contribution >= 4 is 21.1 Å². The van der Waals surface area contributed by atoms with Gasteiger partial charge in [0.1, 0.15) is 11.5 Å². The van der Waals surface area contributed by atoms with E-state index >= 15 is 0 Å². The van der Waals surface area contributed by atoms with Crippen LogP contribution in [0.5, 0.6) is 5.75 Å². The van der Waals surface area contributed by atoms with E-state index in [1.165, 1.54) is 19.4 Å². The number of para-hydroxylation sites is 1. The van der Waals surface area contributed by atoms with Gasteiger partial charge in [-0.2, -0.15) is 0 Å². The van der Waals surface area contributed by atoms with E-state index in [9.17, 15) is 12.8 Å². The molecular weight excluding hydrogens is 455 g/mol. The number of nitrogens with zero attached hydrogens (tertiary/aromatic N) is 2. The highest BCUT2D eigenvalue weighted by Gasteiger charge is 2.25. The molecular formula is C26H21FN2O4S. The summed E-state index contributed by atoms with van der Waals surface area (Å²) in [7, 11) is -2.60. The molecule has 0 spiro atoms. The average molecular weight is 477 g/mol. The standard InChI is InChI=1S/C26H21FN2O4S/c1-16-7-10-19(11-8-16)34(30,31)29-15-22(20-5-4-6-23(27)25(20)32-3)21-13-18(14-28-26(21)29)24-12-9-17(2)33-24/h4-15H,1-3H3. The van der Waals surface area contributed by atoms with Gasteiger partial charge in [-0.3, -0.25) is 0 Å². The molecule has 0 aliphatic rings. The summed E-state index contributed by atoms with van der Waals surface area (Å²) in [5.74, 6) is 0.807. The van der Waals surface area contributed by atoms with Crippen molar-refractivity contribution < 1.29 is 22.0 Å². The molecule has 0 N–H and O–H groups in total. The molecule has 5 aromatic rings. The Balaban J connectivity index is 1.81. The molecule has 5 rings (SSSR count). The highest BCUT2D eigenvalue weighted by molar-refractivity contribution is 7.90. The molecule has 0 saturated carbocycles. The number of fused-ring (bicyclic) bond motifs is 1.